The van der Waals surface area contributed by atoms with Gasteiger partial charge in [0, 0.05) is 13.1 Å². The van der Waals surface area contributed by atoms with Crippen molar-refractivity contribution in [3.8, 4) is 0 Å². The summed E-state index contributed by atoms with van der Waals surface area (Å²) in [4.78, 5) is 1.67. The normalized spacial score (nSPS) is 28.9. The zero-order valence-electron chi connectivity index (χ0n) is 10.7. The largest absolute Gasteiger partial charge is 0.392 e. The topological polar surface area (TPSA) is 23.5 Å². The van der Waals surface area contributed by atoms with Crippen LogP contribution in [-0.4, -0.2) is 42.4 Å². The monoisotopic (exact) mass is 253 g/mol. The number of aliphatic hydroxyl groups is 1. The third-order valence-electron chi connectivity index (χ3n) is 3.73. The Hall–Kier alpha value is -0.290. The van der Waals surface area contributed by atoms with Gasteiger partial charge in [0.15, 0.2) is 0 Å². The van der Waals surface area contributed by atoms with Crippen LogP contribution in [0.3, 0.4) is 0 Å². The molecule has 1 saturated carbocycles. The van der Waals surface area contributed by atoms with Gasteiger partial charge in [-0.05, 0) is 31.2 Å². The third-order valence-corrected chi connectivity index (χ3v) is 3.73. The standard InChI is InChI=1S/C12H22F3NO/c1-11(2)5-4-9(10(11)17)8-16(3)7-6-12(13,14)15/h9-10,17H,4-8H2,1-3H3. The van der Waals surface area contributed by atoms with Crippen molar-refractivity contribution in [3.05, 3.63) is 0 Å². The molecule has 1 N–H and O–H groups in total. The van der Waals surface area contributed by atoms with Crippen LogP contribution in [0.5, 0.6) is 0 Å². The number of alkyl halides is 3. The van der Waals surface area contributed by atoms with E-state index in [1.165, 1.54) is 0 Å². The van der Waals surface area contributed by atoms with E-state index < -0.39 is 18.7 Å². The zero-order valence-corrected chi connectivity index (χ0v) is 10.7. The van der Waals surface area contributed by atoms with E-state index >= 15 is 0 Å². The minimum absolute atomic E-state index is 0.00709. The van der Waals surface area contributed by atoms with Crippen molar-refractivity contribution in [1.82, 2.24) is 4.90 Å². The molecule has 0 amide bonds. The average Bonchev–Trinajstić information content (AvgIpc) is 2.41. The Labute approximate surface area is 101 Å². The molecule has 0 aromatic rings. The number of rotatable bonds is 4. The van der Waals surface area contributed by atoms with E-state index in [0.717, 1.165) is 12.8 Å². The number of hydrogen-bond donors (Lipinski definition) is 1. The molecule has 2 nitrogen and oxygen atoms in total. The number of nitrogens with zero attached hydrogens (tertiary/aromatic N) is 1. The molecule has 5 heteroatoms. The summed E-state index contributed by atoms with van der Waals surface area (Å²) in [5, 5.41) is 10.0. The van der Waals surface area contributed by atoms with Gasteiger partial charge in [0.2, 0.25) is 0 Å². The molecule has 0 radical (unpaired) electrons. The second-order valence-corrected chi connectivity index (χ2v) is 5.86. The Bertz CT molecular complexity index is 253. The zero-order chi connectivity index (χ0) is 13.3. The molecule has 1 rings (SSSR count). The Balaban J connectivity index is 2.35. The van der Waals surface area contributed by atoms with Crippen molar-refractivity contribution in [3.63, 3.8) is 0 Å². The number of hydrogen-bond acceptors (Lipinski definition) is 2. The highest BCUT2D eigenvalue weighted by molar-refractivity contribution is 4.91. The van der Waals surface area contributed by atoms with Gasteiger partial charge in [-0.2, -0.15) is 13.2 Å². The van der Waals surface area contributed by atoms with Crippen LogP contribution in [-0.2, 0) is 0 Å². The highest BCUT2D eigenvalue weighted by Crippen LogP contribution is 2.41. The van der Waals surface area contributed by atoms with Crippen LogP contribution >= 0.6 is 0 Å². The maximum atomic E-state index is 12.1. The second kappa shape index (κ2) is 5.14. The van der Waals surface area contributed by atoms with Gasteiger partial charge >= 0.3 is 6.18 Å². The van der Waals surface area contributed by atoms with Crippen LogP contribution in [0.1, 0.15) is 33.1 Å². The molecule has 0 saturated heterocycles. The van der Waals surface area contributed by atoms with Gasteiger partial charge in [0.05, 0.1) is 12.5 Å². The molecule has 0 aromatic heterocycles. The first-order chi connectivity index (χ1) is 7.62. The minimum atomic E-state index is -4.10. The molecule has 2 unspecified atom stereocenters. The van der Waals surface area contributed by atoms with Crippen molar-refractivity contribution < 1.29 is 18.3 Å². The van der Waals surface area contributed by atoms with Crippen molar-refractivity contribution in [2.45, 2.75) is 45.4 Å². The summed E-state index contributed by atoms with van der Waals surface area (Å²) in [6.45, 7) is 4.56. The molecule has 102 valence electrons. The Kier molecular flexibility index (Phi) is 4.47. The second-order valence-electron chi connectivity index (χ2n) is 5.86. The Morgan fingerprint density at radius 2 is 1.94 bits per heavy atom. The average molecular weight is 253 g/mol. The summed E-state index contributed by atoms with van der Waals surface area (Å²) < 4.78 is 36.2. The molecule has 1 aliphatic rings. The van der Waals surface area contributed by atoms with E-state index in [1.54, 1.807) is 11.9 Å². The molecule has 0 aliphatic heterocycles. The molecular weight excluding hydrogens is 231 g/mol. The summed E-state index contributed by atoms with van der Waals surface area (Å²) in [5.41, 5.74) is -0.102. The number of aliphatic hydroxyl groups excluding tert-OH is 1. The van der Waals surface area contributed by atoms with Crippen LogP contribution in [0.15, 0.2) is 0 Å². The van der Waals surface area contributed by atoms with Crippen LogP contribution in [0.4, 0.5) is 13.2 Å². The molecule has 0 aromatic carbocycles. The quantitative estimate of drug-likeness (QED) is 0.832. The molecular formula is C12H22F3NO. The first-order valence-corrected chi connectivity index (χ1v) is 6.05. The Morgan fingerprint density at radius 1 is 1.35 bits per heavy atom. The van der Waals surface area contributed by atoms with E-state index in [0.29, 0.717) is 6.54 Å². The van der Waals surface area contributed by atoms with E-state index in [9.17, 15) is 18.3 Å². The van der Waals surface area contributed by atoms with E-state index in [-0.39, 0.29) is 17.9 Å². The van der Waals surface area contributed by atoms with Crippen LogP contribution < -0.4 is 0 Å². The highest BCUT2D eigenvalue weighted by Gasteiger charge is 2.41. The van der Waals surface area contributed by atoms with Gasteiger partial charge in [-0.15, -0.1) is 0 Å². The van der Waals surface area contributed by atoms with Crippen molar-refractivity contribution in [2.24, 2.45) is 11.3 Å². The van der Waals surface area contributed by atoms with E-state index in [1.807, 2.05) is 13.8 Å². The molecule has 1 aliphatic carbocycles. The summed E-state index contributed by atoms with van der Waals surface area (Å²) in [7, 11) is 1.68. The maximum Gasteiger partial charge on any atom is 0.390 e. The highest BCUT2D eigenvalue weighted by atomic mass is 19.4. The van der Waals surface area contributed by atoms with Gasteiger partial charge in [-0.3, -0.25) is 0 Å². The molecule has 0 bridgehead atoms. The van der Waals surface area contributed by atoms with Gasteiger partial charge in [-0.1, -0.05) is 13.8 Å². The molecule has 0 heterocycles. The fourth-order valence-electron chi connectivity index (χ4n) is 2.50. The predicted molar refractivity (Wildman–Crippen MR) is 60.7 cm³/mol. The predicted octanol–water partition coefficient (Wildman–Crippen LogP) is 2.67. The summed E-state index contributed by atoms with van der Waals surface area (Å²) in [6, 6.07) is 0. The molecule has 0 spiro atoms. The lowest BCUT2D eigenvalue weighted by Gasteiger charge is -2.28. The Morgan fingerprint density at radius 3 is 2.35 bits per heavy atom. The SMILES string of the molecule is CN(CCC(F)(F)F)CC1CCC(C)(C)C1O. The number of halogens is 3. The summed E-state index contributed by atoms with van der Waals surface area (Å²) >= 11 is 0. The van der Waals surface area contributed by atoms with Gasteiger partial charge in [-0.25, -0.2) is 0 Å². The van der Waals surface area contributed by atoms with E-state index in [4.69, 9.17) is 0 Å². The molecule has 2 atom stereocenters. The first-order valence-electron chi connectivity index (χ1n) is 6.05. The fraction of sp³-hybridized carbons (Fsp3) is 1.00. The van der Waals surface area contributed by atoms with Crippen LogP contribution in [0, 0.1) is 11.3 Å². The lowest BCUT2D eigenvalue weighted by atomic mass is 9.87. The van der Waals surface area contributed by atoms with Crippen molar-refractivity contribution in [2.75, 3.05) is 20.1 Å². The van der Waals surface area contributed by atoms with Crippen LogP contribution in [0.25, 0.3) is 0 Å². The molecule has 17 heavy (non-hydrogen) atoms. The lowest BCUT2D eigenvalue weighted by Crippen LogP contribution is -2.36. The third kappa shape index (κ3) is 4.47. The van der Waals surface area contributed by atoms with Crippen molar-refractivity contribution >= 4 is 0 Å². The summed E-state index contributed by atoms with van der Waals surface area (Å²) in [6.07, 6.45) is -3.45. The first kappa shape index (κ1) is 14.8. The minimum Gasteiger partial charge on any atom is -0.392 e. The van der Waals surface area contributed by atoms with Gasteiger partial charge in [0.1, 0.15) is 0 Å². The maximum absolute atomic E-state index is 12.1. The van der Waals surface area contributed by atoms with Crippen molar-refractivity contribution in [1.29, 1.82) is 0 Å². The van der Waals surface area contributed by atoms with E-state index in [2.05, 4.69) is 0 Å². The van der Waals surface area contributed by atoms with Gasteiger partial charge < -0.3 is 10.0 Å². The van der Waals surface area contributed by atoms with Gasteiger partial charge in [0.25, 0.3) is 0 Å². The summed E-state index contributed by atoms with van der Waals surface area (Å²) in [5.74, 6) is 0.100. The smallest absolute Gasteiger partial charge is 0.390 e. The lowest BCUT2D eigenvalue weighted by molar-refractivity contribution is -0.137. The fourth-order valence-corrected chi connectivity index (χ4v) is 2.50. The molecule has 1 fully saturated rings. The van der Waals surface area contributed by atoms with Crippen LogP contribution in [0.2, 0.25) is 0 Å².